The van der Waals surface area contributed by atoms with Crippen molar-refractivity contribution in [1.29, 1.82) is 0 Å². The van der Waals surface area contributed by atoms with Crippen LogP contribution in [0.4, 0.5) is 22.7 Å². The van der Waals surface area contributed by atoms with Crippen molar-refractivity contribution in [2.75, 3.05) is 48.6 Å². The summed E-state index contributed by atoms with van der Waals surface area (Å²) in [6.45, 7) is 8.03. The Morgan fingerprint density at radius 3 is 2.38 bits per heavy atom. The van der Waals surface area contributed by atoms with Crippen LogP contribution in [0.5, 0.6) is 0 Å². The number of aryl methyl sites for hydroxylation is 1. The fourth-order valence-corrected chi connectivity index (χ4v) is 4.64. The molecule has 2 aromatic heterocycles. The van der Waals surface area contributed by atoms with Crippen molar-refractivity contribution in [3.05, 3.63) is 46.5 Å². The van der Waals surface area contributed by atoms with Crippen LogP contribution in [0.15, 0.2) is 35.2 Å². The number of thiazole rings is 1. The molecule has 0 unspecified atom stereocenters. The largest absolute Gasteiger partial charge is 0.462 e. The summed E-state index contributed by atoms with van der Waals surface area (Å²) in [7, 11) is -3.25. The summed E-state index contributed by atoms with van der Waals surface area (Å²) in [6.07, 6.45) is 2.12. The number of ether oxygens (including phenoxy) is 2. The number of anilines is 4. The molecule has 0 saturated carbocycles. The van der Waals surface area contributed by atoms with E-state index in [4.69, 9.17) is 9.47 Å². The minimum atomic E-state index is -3.25. The van der Waals surface area contributed by atoms with Gasteiger partial charge in [-0.3, -0.25) is 5.32 Å². The van der Waals surface area contributed by atoms with Crippen LogP contribution < -0.4 is 16.0 Å². The number of aromatic nitrogens is 3. The highest BCUT2D eigenvalue weighted by Crippen LogP contribution is 2.26. The Kier molecular flexibility index (Phi) is 10.2. The molecule has 0 radical (unpaired) electrons. The molecule has 3 aromatic rings. The van der Waals surface area contributed by atoms with Gasteiger partial charge in [0.1, 0.15) is 16.5 Å². The number of carbonyl (C=O) groups excluding carboxylic acids is 1. The van der Waals surface area contributed by atoms with Gasteiger partial charge in [-0.15, -0.1) is 0 Å². The van der Waals surface area contributed by atoms with E-state index in [1.807, 2.05) is 0 Å². The first kappa shape index (κ1) is 28.3. The minimum Gasteiger partial charge on any atom is -0.462 e. The van der Waals surface area contributed by atoms with Gasteiger partial charge in [0.05, 0.1) is 23.8 Å². The molecule has 2 heterocycles. The van der Waals surface area contributed by atoms with Crippen LogP contribution in [-0.2, 0) is 25.9 Å². The van der Waals surface area contributed by atoms with Crippen molar-refractivity contribution in [2.24, 2.45) is 0 Å². The molecular formula is C24H32N6O5S2. The van der Waals surface area contributed by atoms with E-state index in [2.05, 4.69) is 37.8 Å². The third-order valence-corrected chi connectivity index (χ3v) is 7.11. The summed E-state index contributed by atoms with van der Waals surface area (Å²) >= 11 is 1.17. The zero-order valence-electron chi connectivity index (χ0n) is 21.3. The Morgan fingerprint density at radius 2 is 1.73 bits per heavy atom. The molecule has 0 aliphatic heterocycles. The van der Waals surface area contributed by atoms with Gasteiger partial charge in [0, 0.05) is 32.0 Å². The molecule has 11 nitrogen and oxygen atoms in total. The summed E-state index contributed by atoms with van der Waals surface area (Å²) in [5.74, 6) is 0.990. The number of esters is 1. The fraction of sp³-hybridized carbons (Fsp3) is 0.417. The first-order valence-electron chi connectivity index (χ1n) is 11.8. The smallest absolute Gasteiger partial charge is 0.350 e. The zero-order valence-corrected chi connectivity index (χ0v) is 23.0. The van der Waals surface area contributed by atoms with E-state index in [0.29, 0.717) is 59.6 Å². The highest BCUT2D eigenvalue weighted by Gasteiger charge is 2.17. The van der Waals surface area contributed by atoms with Gasteiger partial charge < -0.3 is 20.1 Å². The van der Waals surface area contributed by atoms with Crippen LogP contribution in [0.1, 0.15) is 41.2 Å². The maximum atomic E-state index is 12.2. The van der Waals surface area contributed by atoms with Crippen molar-refractivity contribution >= 4 is 49.9 Å². The van der Waals surface area contributed by atoms with Gasteiger partial charge >= 0.3 is 5.97 Å². The Morgan fingerprint density at radius 1 is 1.03 bits per heavy atom. The van der Waals surface area contributed by atoms with Gasteiger partial charge in [-0.25, -0.2) is 18.2 Å². The van der Waals surface area contributed by atoms with E-state index in [1.54, 1.807) is 44.2 Å². The van der Waals surface area contributed by atoms with Crippen LogP contribution in [0.2, 0.25) is 0 Å². The lowest BCUT2D eigenvalue weighted by Gasteiger charge is -2.12. The van der Waals surface area contributed by atoms with Gasteiger partial charge in [0.15, 0.2) is 15.0 Å². The molecule has 0 aliphatic carbocycles. The lowest BCUT2D eigenvalue weighted by Crippen LogP contribution is -2.13. The summed E-state index contributed by atoms with van der Waals surface area (Å²) < 4.78 is 34.0. The maximum absolute atomic E-state index is 12.2. The van der Waals surface area contributed by atoms with Crippen molar-refractivity contribution in [3.63, 3.8) is 0 Å². The van der Waals surface area contributed by atoms with Gasteiger partial charge in [-0.1, -0.05) is 30.4 Å². The predicted octanol–water partition coefficient (Wildman–Crippen LogP) is 4.02. The molecule has 0 atom stereocenters. The average Bonchev–Trinajstić information content (AvgIpc) is 3.22. The molecule has 200 valence electrons. The Labute approximate surface area is 221 Å². The third kappa shape index (κ3) is 8.65. The van der Waals surface area contributed by atoms with E-state index in [0.717, 1.165) is 12.0 Å². The monoisotopic (exact) mass is 548 g/mol. The molecule has 3 rings (SSSR count). The number of carbonyl (C=O) groups is 1. The van der Waals surface area contributed by atoms with E-state index in [1.165, 1.54) is 17.6 Å². The van der Waals surface area contributed by atoms with Crippen LogP contribution in [0.25, 0.3) is 0 Å². The topological polar surface area (TPSA) is 144 Å². The van der Waals surface area contributed by atoms with Gasteiger partial charge in [-0.05, 0) is 38.0 Å². The number of hydrogen-bond donors (Lipinski definition) is 3. The number of sulfone groups is 1. The Balaban J connectivity index is 1.76. The number of nitrogens with zero attached hydrogens (tertiary/aromatic N) is 3. The second kappa shape index (κ2) is 13.3. The SMILES string of the molecule is CCCOCCNc1cc(NCc2ccc(S(C)(=O)=O)cc2)nc(Nc2nc(C)c(C(=O)OCC)s2)n1. The van der Waals surface area contributed by atoms with E-state index < -0.39 is 15.8 Å². The first-order valence-corrected chi connectivity index (χ1v) is 14.6. The molecule has 0 spiro atoms. The Hall–Kier alpha value is -3.29. The van der Waals surface area contributed by atoms with Crippen LogP contribution >= 0.6 is 11.3 Å². The molecular weight excluding hydrogens is 516 g/mol. The normalized spacial score (nSPS) is 11.2. The van der Waals surface area contributed by atoms with Gasteiger partial charge in [0.2, 0.25) is 5.95 Å². The summed E-state index contributed by atoms with van der Waals surface area (Å²) in [5, 5.41) is 10.0. The van der Waals surface area contributed by atoms with Gasteiger partial charge in [-0.2, -0.15) is 9.97 Å². The van der Waals surface area contributed by atoms with E-state index in [9.17, 15) is 13.2 Å². The maximum Gasteiger partial charge on any atom is 0.350 e. The first-order chi connectivity index (χ1) is 17.7. The van der Waals surface area contributed by atoms with Crippen LogP contribution in [0, 0.1) is 6.92 Å². The Bertz CT molecular complexity index is 1300. The number of rotatable bonds is 14. The predicted molar refractivity (Wildman–Crippen MR) is 145 cm³/mol. The molecule has 13 heteroatoms. The highest BCUT2D eigenvalue weighted by molar-refractivity contribution is 7.90. The van der Waals surface area contributed by atoms with Crippen LogP contribution in [-0.4, -0.2) is 62.0 Å². The average molecular weight is 549 g/mol. The second-order valence-corrected chi connectivity index (χ2v) is 11.1. The van der Waals surface area contributed by atoms with Crippen molar-refractivity contribution in [1.82, 2.24) is 15.0 Å². The molecule has 0 aliphatic rings. The van der Waals surface area contributed by atoms with Crippen molar-refractivity contribution in [3.8, 4) is 0 Å². The number of nitrogens with one attached hydrogen (secondary N) is 3. The second-order valence-electron chi connectivity index (χ2n) is 8.05. The summed E-state index contributed by atoms with van der Waals surface area (Å²) in [5.41, 5.74) is 1.45. The van der Waals surface area contributed by atoms with Crippen molar-refractivity contribution in [2.45, 2.75) is 38.6 Å². The van der Waals surface area contributed by atoms with Crippen molar-refractivity contribution < 1.29 is 22.7 Å². The summed E-state index contributed by atoms with van der Waals surface area (Å²) in [4.78, 5) is 26.3. The number of hydrogen-bond acceptors (Lipinski definition) is 12. The minimum absolute atomic E-state index is 0.266. The highest BCUT2D eigenvalue weighted by atomic mass is 32.2. The third-order valence-electron chi connectivity index (χ3n) is 4.93. The standard InChI is InChI=1S/C24H32N6O5S2/c1-5-12-34-13-11-25-19-14-20(26-15-17-7-9-18(10-8-17)37(4,32)33)29-23(28-19)30-24-27-16(3)21(36-24)22(31)35-6-2/h7-10,14H,5-6,11-13,15H2,1-4H3,(H3,25,26,27,28,29,30). The lowest BCUT2D eigenvalue weighted by molar-refractivity contribution is 0.0531. The quantitative estimate of drug-likeness (QED) is 0.198. The molecule has 0 saturated heterocycles. The molecule has 0 fully saturated rings. The molecule has 3 N–H and O–H groups in total. The number of benzene rings is 1. The molecule has 1 aromatic carbocycles. The molecule has 0 amide bonds. The lowest BCUT2D eigenvalue weighted by atomic mass is 10.2. The molecule has 0 bridgehead atoms. The van der Waals surface area contributed by atoms with Crippen LogP contribution in [0.3, 0.4) is 0 Å². The van der Waals surface area contributed by atoms with Gasteiger partial charge in [0.25, 0.3) is 0 Å². The van der Waals surface area contributed by atoms with E-state index in [-0.39, 0.29) is 11.5 Å². The fourth-order valence-electron chi connectivity index (χ4n) is 3.16. The summed E-state index contributed by atoms with van der Waals surface area (Å²) in [6, 6.07) is 8.43. The molecule has 37 heavy (non-hydrogen) atoms. The van der Waals surface area contributed by atoms with E-state index >= 15 is 0 Å². The zero-order chi connectivity index (χ0) is 26.8.